The van der Waals surface area contributed by atoms with Gasteiger partial charge in [0.25, 0.3) is 5.91 Å². The Morgan fingerprint density at radius 2 is 2.22 bits per heavy atom. The van der Waals surface area contributed by atoms with Crippen molar-refractivity contribution < 1.29 is 4.79 Å². The average Bonchev–Trinajstić information content (AvgIpc) is 3.00. The van der Waals surface area contributed by atoms with Crippen LogP contribution in [-0.2, 0) is 0 Å². The highest BCUT2D eigenvalue weighted by Crippen LogP contribution is 2.14. The topological polar surface area (TPSA) is 88.5 Å². The summed E-state index contributed by atoms with van der Waals surface area (Å²) in [7, 11) is 0. The van der Waals surface area contributed by atoms with Crippen molar-refractivity contribution in [2.45, 2.75) is 32.9 Å². The highest BCUT2D eigenvalue weighted by molar-refractivity contribution is 5.93. The number of hydrogen-bond acceptors (Lipinski definition) is 4. The van der Waals surface area contributed by atoms with Gasteiger partial charge in [-0.25, -0.2) is 0 Å². The number of rotatable bonds is 4. The summed E-state index contributed by atoms with van der Waals surface area (Å²) in [6.07, 6.45) is 4.70. The molecule has 2 N–H and O–H groups in total. The maximum atomic E-state index is 11.9. The van der Waals surface area contributed by atoms with Crippen molar-refractivity contribution in [3.63, 3.8) is 0 Å². The molecule has 7 heteroatoms. The maximum absolute atomic E-state index is 11.9. The van der Waals surface area contributed by atoms with Gasteiger partial charge in [0.05, 0.1) is 17.8 Å². The molecule has 0 unspecified atom stereocenters. The van der Waals surface area contributed by atoms with E-state index in [0.29, 0.717) is 5.56 Å². The molecule has 0 spiro atoms. The molecule has 1 amide bonds. The highest BCUT2D eigenvalue weighted by Gasteiger charge is 2.18. The van der Waals surface area contributed by atoms with Crippen LogP contribution < -0.4 is 5.32 Å². The Kier molecular flexibility index (Phi) is 3.40. The van der Waals surface area contributed by atoms with Crippen molar-refractivity contribution in [2.75, 3.05) is 0 Å². The van der Waals surface area contributed by atoms with Crippen molar-refractivity contribution in [1.29, 1.82) is 0 Å². The van der Waals surface area contributed by atoms with E-state index < -0.39 is 0 Å². The molecule has 2 aromatic heterocycles. The van der Waals surface area contributed by atoms with E-state index in [-0.39, 0.29) is 18.0 Å². The minimum Gasteiger partial charge on any atom is -0.342 e. The van der Waals surface area contributed by atoms with E-state index in [1.165, 1.54) is 6.20 Å². The van der Waals surface area contributed by atoms with Gasteiger partial charge in [-0.15, -0.1) is 10.2 Å². The van der Waals surface area contributed by atoms with Gasteiger partial charge in [-0.2, -0.15) is 5.10 Å². The highest BCUT2D eigenvalue weighted by atomic mass is 16.1. The normalized spacial score (nSPS) is 12.7. The third-order valence-electron chi connectivity index (χ3n) is 2.65. The van der Waals surface area contributed by atoms with Crippen molar-refractivity contribution in [3.05, 3.63) is 30.1 Å². The molecular formula is C11H16N6O. The Balaban J connectivity index is 2.10. The molecule has 0 saturated carbocycles. The molecule has 0 bridgehead atoms. The number of amides is 1. The van der Waals surface area contributed by atoms with Crippen molar-refractivity contribution in [3.8, 4) is 0 Å². The van der Waals surface area contributed by atoms with Crippen LogP contribution in [0, 0.1) is 0 Å². The zero-order valence-electron chi connectivity index (χ0n) is 10.6. The smallest absolute Gasteiger partial charge is 0.255 e. The van der Waals surface area contributed by atoms with Crippen LogP contribution in [0.3, 0.4) is 0 Å². The molecule has 0 fully saturated rings. The first-order valence-corrected chi connectivity index (χ1v) is 5.78. The zero-order valence-corrected chi connectivity index (χ0v) is 10.6. The minimum absolute atomic E-state index is 0.186. The Hall–Kier alpha value is -2.18. The van der Waals surface area contributed by atoms with Gasteiger partial charge >= 0.3 is 0 Å². The fourth-order valence-corrected chi connectivity index (χ4v) is 1.68. The molecule has 0 radical (unpaired) electrons. The number of H-pyrrole nitrogens is 1. The second kappa shape index (κ2) is 4.99. The Bertz CT molecular complexity index is 515. The number of hydrogen-bond donors (Lipinski definition) is 2. The largest absolute Gasteiger partial charge is 0.342 e. The summed E-state index contributed by atoms with van der Waals surface area (Å²) in [6.45, 7) is 5.95. The third-order valence-corrected chi connectivity index (χ3v) is 2.65. The van der Waals surface area contributed by atoms with Crippen molar-refractivity contribution in [2.24, 2.45) is 0 Å². The van der Waals surface area contributed by atoms with Gasteiger partial charge < -0.3 is 9.88 Å². The number of nitrogens with one attached hydrogen (secondary N) is 2. The molecule has 0 aliphatic rings. The van der Waals surface area contributed by atoms with E-state index in [1.807, 2.05) is 25.3 Å². The van der Waals surface area contributed by atoms with Crippen LogP contribution in [0.1, 0.15) is 49.0 Å². The number of nitrogens with zero attached hydrogens (tertiary/aromatic N) is 4. The number of aromatic nitrogens is 5. The molecule has 0 aromatic carbocycles. The Morgan fingerprint density at radius 1 is 1.44 bits per heavy atom. The summed E-state index contributed by atoms with van der Waals surface area (Å²) in [5.41, 5.74) is 0.498. The molecule has 18 heavy (non-hydrogen) atoms. The minimum atomic E-state index is -0.211. The van der Waals surface area contributed by atoms with E-state index in [9.17, 15) is 4.79 Å². The monoisotopic (exact) mass is 248 g/mol. The first-order chi connectivity index (χ1) is 8.59. The molecule has 0 aliphatic carbocycles. The number of aromatic amines is 1. The van der Waals surface area contributed by atoms with E-state index in [1.54, 1.807) is 12.5 Å². The van der Waals surface area contributed by atoms with E-state index >= 15 is 0 Å². The van der Waals surface area contributed by atoms with Crippen LogP contribution in [0.25, 0.3) is 0 Å². The Labute approximate surface area is 105 Å². The first-order valence-electron chi connectivity index (χ1n) is 5.78. The fraction of sp³-hybridized carbons (Fsp3) is 0.455. The predicted molar refractivity (Wildman–Crippen MR) is 64.9 cm³/mol. The molecule has 0 aliphatic heterocycles. The standard InChI is InChI=1S/C11H16N6O/c1-7(2)17-6-14-16-10(17)8(3)15-11(18)9-4-12-13-5-9/h4-8H,1-3H3,(H,12,13)(H,15,18)/t8-/m0/s1. The summed E-state index contributed by atoms with van der Waals surface area (Å²) in [5.74, 6) is 0.552. The SMILES string of the molecule is CC(C)n1cnnc1[C@H](C)NC(=O)c1cn[nH]c1. The molecule has 0 saturated heterocycles. The van der Waals surface area contributed by atoms with Crippen LogP contribution >= 0.6 is 0 Å². The molecular weight excluding hydrogens is 232 g/mol. The van der Waals surface area contributed by atoms with Crippen molar-refractivity contribution >= 4 is 5.91 Å². The number of carbonyl (C=O) groups is 1. The third kappa shape index (κ3) is 2.39. The lowest BCUT2D eigenvalue weighted by Crippen LogP contribution is -2.28. The molecule has 1 atom stereocenters. The van der Waals surface area contributed by atoms with Gasteiger partial charge in [0.1, 0.15) is 6.33 Å². The van der Waals surface area contributed by atoms with Gasteiger partial charge in [0.15, 0.2) is 5.82 Å². The van der Waals surface area contributed by atoms with E-state index in [4.69, 9.17) is 0 Å². The summed E-state index contributed by atoms with van der Waals surface area (Å²) >= 11 is 0. The fourth-order valence-electron chi connectivity index (χ4n) is 1.68. The second-order valence-corrected chi connectivity index (χ2v) is 4.37. The maximum Gasteiger partial charge on any atom is 0.255 e. The quantitative estimate of drug-likeness (QED) is 0.847. The summed E-state index contributed by atoms with van der Waals surface area (Å²) in [5, 5.41) is 17.1. The van der Waals surface area contributed by atoms with Gasteiger partial charge in [-0.1, -0.05) is 0 Å². The van der Waals surface area contributed by atoms with E-state index in [2.05, 4.69) is 25.7 Å². The van der Waals surface area contributed by atoms with Crippen LogP contribution in [0.2, 0.25) is 0 Å². The first kappa shape index (κ1) is 12.3. The molecule has 2 rings (SSSR count). The lowest BCUT2D eigenvalue weighted by atomic mass is 10.2. The van der Waals surface area contributed by atoms with E-state index in [0.717, 1.165) is 5.82 Å². The van der Waals surface area contributed by atoms with Gasteiger partial charge in [-0.3, -0.25) is 9.89 Å². The van der Waals surface area contributed by atoms with Gasteiger partial charge in [0, 0.05) is 12.2 Å². The summed E-state index contributed by atoms with van der Waals surface area (Å²) in [6, 6.07) is 0.0422. The predicted octanol–water partition coefficient (Wildman–Crippen LogP) is 1.07. The lowest BCUT2D eigenvalue weighted by Gasteiger charge is -2.16. The summed E-state index contributed by atoms with van der Waals surface area (Å²) < 4.78 is 1.93. The second-order valence-electron chi connectivity index (χ2n) is 4.37. The van der Waals surface area contributed by atoms with Crippen LogP contribution in [-0.4, -0.2) is 30.9 Å². The van der Waals surface area contributed by atoms with Crippen molar-refractivity contribution in [1.82, 2.24) is 30.3 Å². The van der Waals surface area contributed by atoms with Gasteiger partial charge in [-0.05, 0) is 20.8 Å². The molecule has 7 nitrogen and oxygen atoms in total. The zero-order chi connectivity index (χ0) is 13.1. The molecule has 2 heterocycles. The molecule has 2 aromatic rings. The lowest BCUT2D eigenvalue weighted by molar-refractivity contribution is 0.0937. The van der Waals surface area contributed by atoms with Crippen LogP contribution in [0.15, 0.2) is 18.7 Å². The van der Waals surface area contributed by atoms with Crippen LogP contribution in [0.5, 0.6) is 0 Å². The summed E-state index contributed by atoms with van der Waals surface area (Å²) in [4.78, 5) is 11.9. The number of carbonyl (C=O) groups excluding carboxylic acids is 1. The van der Waals surface area contributed by atoms with Crippen LogP contribution in [0.4, 0.5) is 0 Å². The average molecular weight is 248 g/mol. The van der Waals surface area contributed by atoms with Gasteiger partial charge in [0.2, 0.25) is 0 Å². The Morgan fingerprint density at radius 3 is 2.83 bits per heavy atom. The molecule has 96 valence electrons.